The number of anilines is 2. The summed E-state index contributed by atoms with van der Waals surface area (Å²) in [6.45, 7) is 0.416. The highest BCUT2D eigenvalue weighted by Gasteiger charge is 2.09. The number of nitrogens with one attached hydrogen (secondary N) is 2. The minimum Gasteiger partial charge on any atom is -0.385 e. The summed E-state index contributed by atoms with van der Waals surface area (Å²) in [7, 11) is 0. The van der Waals surface area contributed by atoms with Crippen molar-refractivity contribution >= 4 is 40.5 Å². The van der Waals surface area contributed by atoms with Crippen LogP contribution in [0.4, 0.5) is 15.8 Å². The van der Waals surface area contributed by atoms with E-state index in [1.165, 1.54) is 12.1 Å². The molecule has 0 aliphatic carbocycles. The summed E-state index contributed by atoms with van der Waals surface area (Å²) in [4.78, 5) is 11.8. The second-order valence-electron chi connectivity index (χ2n) is 4.33. The van der Waals surface area contributed by atoms with Gasteiger partial charge in [-0.25, -0.2) is 4.39 Å². The molecule has 0 bridgehead atoms. The van der Waals surface area contributed by atoms with Crippen molar-refractivity contribution in [3.8, 4) is 0 Å². The first-order valence-corrected chi connectivity index (χ1v) is 7.05. The molecule has 0 heterocycles. The highest BCUT2D eigenvalue weighted by atomic mass is 35.5. The Kier molecular flexibility index (Phi) is 5.42. The van der Waals surface area contributed by atoms with Crippen molar-refractivity contribution in [1.29, 1.82) is 0 Å². The van der Waals surface area contributed by atoms with E-state index in [0.717, 1.165) is 5.69 Å². The fraction of sp³-hybridized carbons (Fsp3) is 0.133. The fourth-order valence-electron chi connectivity index (χ4n) is 1.71. The van der Waals surface area contributed by atoms with Crippen LogP contribution in [-0.4, -0.2) is 12.5 Å². The van der Waals surface area contributed by atoms with Crippen molar-refractivity contribution < 1.29 is 9.18 Å². The molecule has 0 saturated carbocycles. The normalized spacial score (nSPS) is 10.2. The van der Waals surface area contributed by atoms with E-state index < -0.39 is 0 Å². The number of para-hydroxylation sites is 1. The zero-order chi connectivity index (χ0) is 15.2. The molecule has 0 unspecified atom stereocenters. The van der Waals surface area contributed by atoms with Gasteiger partial charge in [-0.05, 0) is 36.4 Å². The molecule has 21 heavy (non-hydrogen) atoms. The molecule has 0 atom stereocenters. The molecule has 6 heteroatoms. The second-order valence-corrected chi connectivity index (χ2v) is 5.14. The standard InChI is InChI=1S/C15H13Cl2FN2O/c16-12-2-1-3-13(17)15(12)20-14(21)8-9-19-11-6-4-10(18)5-7-11/h1-7,19H,8-9H2,(H,20,21). The van der Waals surface area contributed by atoms with Gasteiger partial charge in [-0.1, -0.05) is 29.3 Å². The molecule has 2 rings (SSSR count). The predicted octanol–water partition coefficient (Wildman–Crippen LogP) is 4.57. The lowest BCUT2D eigenvalue weighted by Gasteiger charge is -2.10. The van der Waals surface area contributed by atoms with Gasteiger partial charge >= 0.3 is 0 Å². The summed E-state index contributed by atoms with van der Waals surface area (Å²) in [6, 6.07) is 10.9. The summed E-state index contributed by atoms with van der Waals surface area (Å²) < 4.78 is 12.7. The predicted molar refractivity (Wildman–Crippen MR) is 84.6 cm³/mol. The van der Waals surface area contributed by atoms with Gasteiger partial charge in [0.25, 0.3) is 0 Å². The van der Waals surface area contributed by atoms with Crippen LogP contribution in [0.2, 0.25) is 10.0 Å². The average molecular weight is 327 g/mol. The van der Waals surface area contributed by atoms with E-state index in [9.17, 15) is 9.18 Å². The first-order chi connectivity index (χ1) is 10.1. The van der Waals surface area contributed by atoms with E-state index in [1.807, 2.05) is 0 Å². The highest BCUT2D eigenvalue weighted by Crippen LogP contribution is 2.29. The molecule has 1 amide bonds. The van der Waals surface area contributed by atoms with E-state index in [2.05, 4.69) is 10.6 Å². The fourth-order valence-corrected chi connectivity index (χ4v) is 2.20. The molecular formula is C15H13Cl2FN2O. The lowest BCUT2D eigenvalue weighted by Crippen LogP contribution is -2.16. The van der Waals surface area contributed by atoms with Crippen molar-refractivity contribution in [1.82, 2.24) is 0 Å². The van der Waals surface area contributed by atoms with Gasteiger partial charge in [-0.2, -0.15) is 0 Å². The summed E-state index contributed by atoms with van der Waals surface area (Å²) in [5, 5.41) is 6.48. The van der Waals surface area contributed by atoms with Gasteiger partial charge in [0.15, 0.2) is 0 Å². The van der Waals surface area contributed by atoms with Crippen LogP contribution in [0.1, 0.15) is 6.42 Å². The SMILES string of the molecule is O=C(CCNc1ccc(F)cc1)Nc1c(Cl)cccc1Cl. The number of rotatable bonds is 5. The Bertz CT molecular complexity index is 612. The molecule has 0 aliphatic heterocycles. The maximum Gasteiger partial charge on any atom is 0.226 e. The minimum absolute atomic E-state index is 0.209. The van der Waals surface area contributed by atoms with Crippen LogP contribution < -0.4 is 10.6 Å². The third kappa shape index (κ3) is 4.62. The molecule has 3 nitrogen and oxygen atoms in total. The first kappa shape index (κ1) is 15.6. The Morgan fingerprint density at radius 1 is 1.05 bits per heavy atom. The second kappa shape index (κ2) is 7.29. The average Bonchev–Trinajstić information content (AvgIpc) is 2.45. The van der Waals surface area contributed by atoms with Crippen molar-refractivity contribution in [2.24, 2.45) is 0 Å². The maximum atomic E-state index is 12.7. The zero-order valence-electron chi connectivity index (χ0n) is 11.0. The lowest BCUT2D eigenvalue weighted by atomic mass is 10.3. The quantitative estimate of drug-likeness (QED) is 0.844. The highest BCUT2D eigenvalue weighted by molar-refractivity contribution is 6.39. The van der Waals surface area contributed by atoms with E-state index >= 15 is 0 Å². The Morgan fingerprint density at radius 2 is 1.67 bits per heavy atom. The molecule has 0 aromatic heterocycles. The molecule has 0 radical (unpaired) electrons. The molecule has 0 spiro atoms. The molecule has 0 aliphatic rings. The van der Waals surface area contributed by atoms with Gasteiger partial charge in [0.2, 0.25) is 5.91 Å². The van der Waals surface area contributed by atoms with Gasteiger partial charge in [-0.15, -0.1) is 0 Å². The molecule has 110 valence electrons. The van der Waals surface area contributed by atoms with Crippen molar-refractivity contribution in [3.05, 3.63) is 58.3 Å². The van der Waals surface area contributed by atoms with Crippen LogP contribution in [0, 0.1) is 5.82 Å². The van der Waals surface area contributed by atoms with E-state index in [0.29, 0.717) is 22.3 Å². The zero-order valence-corrected chi connectivity index (χ0v) is 12.5. The number of hydrogen-bond acceptors (Lipinski definition) is 2. The number of halogens is 3. The minimum atomic E-state index is -0.299. The van der Waals surface area contributed by atoms with Crippen molar-refractivity contribution in [2.75, 3.05) is 17.2 Å². The van der Waals surface area contributed by atoms with Crippen LogP contribution in [0.15, 0.2) is 42.5 Å². The monoisotopic (exact) mass is 326 g/mol. The third-order valence-electron chi connectivity index (χ3n) is 2.75. The number of hydrogen-bond donors (Lipinski definition) is 2. The van der Waals surface area contributed by atoms with Crippen molar-refractivity contribution in [3.63, 3.8) is 0 Å². The maximum absolute atomic E-state index is 12.7. The summed E-state index contributed by atoms with van der Waals surface area (Å²) in [5.74, 6) is -0.508. The Balaban J connectivity index is 1.84. The van der Waals surface area contributed by atoms with Crippen LogP contribution in [-0.2, 0) is 4.79 Å². The molecule has 2 N–H and O–H groups in total. The van der Waals surface area contributed by atoms with E-state index in [1.54, 1.807) is 30.3 Å². The third-order valence-corrected chi connectivity index (χ3v) is 3.38. The molecular weight excluding hydrogens is 314 g/mol. The Morgan fingerprint density at radius 3 is 2.29 bits per heavy atom. The molecule has 0 fully saturated rings. The van der Waals surface area contributed by atoms with Gasteiger partial charge in [0, 0.05) is 18.7 Å². The molecule has 0 saturated heterocycles. The van der Waals surface area contributed by atoms with E-state index in [-0.39, 0.29) is 18.1 Å². The number of carbonyl (C=O) groups is 1. The van der Waals surface area contributed by atoms with Crippen molar-refractivity contribution in [2.45, 2.75) is 6.42 Å². The van der Waals surface area contributed by atoms with Crippen LogP contribution in [0.3, 0.4) is 0 Å². The Labute approximate surface area is 132 Å². The van der Waals surface area contributed by atoms with Gasteiger partial charge < -0.3 is 10.6 Å². The summed E-state index contributed by atoms with van der Waals surface area (Å²) in [5.41, 5.74) is 1.16. The number of carbonyl (C=O) groups excluding carboxylic acids is 1. The molecule has 2 aromatic rings. The van der Waals surface area contributed by atoms with Crippen LogP contribution in [0.25, 0.3) is 0 Å². The summed E-state index contributed by atoms with van der Waals surface area (Å²) >= 11 is 11.9. The van der Waals surface area contributed by atoms with Crippen LogP contribution in [0.5, 0.6) is 0 Å². The summed E-state index contributed by atoms with van der Waals surface area (Å²) in [6.07, 6.45) is 0.235. The topological polar surface area (TPSA) is 41.1 Å². The number of amides is 1. The van der Waals surface area contributed by atoms with Crippen LogP contribution >= 0.6 is 23.2 Å². The van der Waals surface area contributed by atoms with Gasteiger partial charge in [0.05, 0.1) is 15.7 Å². The largest absolute Gasteiger partial charge is 0.385 e. The molecule has 2 aromatic carbocycles. The Hall–Kier alpha value is -1.78. The smallest absolute Gasteiger partial charge is 0.226 e. The van der Waals surface area contributed by atoms with Gasteiger partial charge in [0.1, 0.15) is 5.82 Å². The first-order valence-electron chi connectivity index (χ1n) is 6.29. The van der Waals surface area contributed by atoms with E-state index in [4.69, 9.17) is 23.2 Å². The van der Waals surface area contributed by atoms with Gasteiger partial charge in [-0.3, -0.25) is 4.79 Å². The number of benzene rings is 2. The lowest BCUT2D eigenvalue weighted by molar-refractivity contribution is -0.115.